The number of thiazole rings is 1. The van der Waals surface area contributed by atoms with Crippen LogP contribution in [0.3, 0.4) is 0 Å². The molecule has 0 amide bonds. The Morgan fingerprint density at radius 3 is 2.26 bits per heavy atom. The topological polar surface area (TPSA) is 48.4 Å². The minimum atomic E-state index is -0.152. The first kappa shape index (κ1) is 15.2. The van der Waals surface area contributed by atoms with Gasteiger partial charge in [0.25, 0.3) is 0 Å². The normalized spacial score (nSPS) is 10.3. The first-order chi connectivity index (χ1) is 11.2. The van der Waals surface area contributed by atoms with Gasteiger partial charge in [0, 0.05) is 22.6 Å². The predicted octanol–water partition coefficient (Wildman–Crippen LogP) is 4.06. The molecule has 0 spiro atoms. The average Bonchev–Trinajstić information content (AvgIpc) is 3.11. The highest BCUT2D eigenvalue weighted by atomic mass is 32.1. The molecule has 23 heavy (non-hydrogen) atoms. The highest BCUT2D eigenvalue weighted by molar-refractivity contribution is 7.13. The van der Waals surface area contributed by atoms with E-state index in [1.54, 1.807) is 37.8 Å². The molecule has 0 fully saturated rings. The van der Waals surface area contributed by atoms with Crippen molar-refractivity contribution < 1.29 is 14.3 Å². The van der Waals surface area contributed by atoms with Crippen LogP contribution in [0.4, 0.5) is 0 Å². The Bertz CT molecular complexity index is 805. The third kappa shape index (κ3) is 3.24. The van der Waals surface area contributed by atoms with Crippen LogP contribution < -0.4 is 9.47 Å². The van der Waals surface area contributed by atoms with Crippen molar-refractivity contribution in [1.29, 1.82) is 0 Å². The van der Waals surface area contributed by atoms with Crippen molar-refractivity contribution in [3.63, 3.8) is 0 Å². The molecule has 3 aromatic rings. The molecule has 5 heteroatoms. The Balaban J connectivity index is 1.94. The molecule has 1 heterocycles. The summed E-state index contributed by atoms with van der Waals surface area (Å²) < 4.78 is 10.4. The van der Waals surface area contributed by atoms with E-state index in [9.17, 15) is 4.79 Å². The van der Waals surface area contributed by atoms with Gasteiger partial charge in [0.1, 0.15) is 22.2 Å². The Kier molecular flexibility index (Phi) is 4.39. The number of benzene rings is 2. The summed E-state index contributed by atoms with van der Waals surface area (Å²) in [6, 6.07) is 14.9. The smallest absolute Gasteiger partial charge is 0.212 e. The molecule has 3 rings (SSSR count). The summed E-state index contributed by atoms with van der Waals surface area (Å²) in [4.78, 5) is 17.1. The van der Waals surface area contributed by atoms with Crippen LogP contribution in [-0.2, 0) is 0 Å². The Morgan fingerprint density at radius 1 is 1.00 bits per heavy atom. The van der Waals surface area contributed by atoms with Gasteiger partial charge in [-0.2, -0.15) is 0 Å². The van der Waals surface area contributed by atoms with Gasteiger partial charge >= 0.3 is 0 Å². The van der Waals surface area contributed by atoms with E-state index in [4.69, 9.17) is 9.47 Å². The summed E-state index contributed by atoms with van der Waals surface area (Å²) in [5, 5.41) is 2.60. The largest absolute Gasteiger partial charge is 0.497 e. The van der Waals surface area contributed by atoms with E-state index in [-0.39, 0.29) is 5.78 Å². The molecule has 0 N–H and O–H groups in total. The van der Waals surface area contributed by atoms with E-state index in [0.717, 1.165) is 10.6 Å². The number of hydrogen-bond acceptors (Lipinski definition) is 5. The third-order valence-corrected chi connectivity index (χ3v) is 4.26. The molecule has 0 unspecified atom stereocenters. The average molecular weight is 325 g/mol. The maximum atomic E-state index is 12.7. The number of rotatable bonds is 5. The molecule has 0 saturated heterocycles. The number of ether oxygens (including phenoxy) is 2. The molecule has 0 aliphatic rings. The van der Waals surface area contributed by atoms with E-state index < -0.39 is 0 Å². The quantitative estimate of drug-likeness (QED) is 0.664. The van der Waals surface area contributed by atoms with Crippen LogP contribution in [-0.4, -0.2) is 25.0 Å². The summed E-state index contributed by atoms with van der Waals surface area (Å²) in [6.07, 6.45) is 0. The highest BCUT2D eigenvalue weighted by Gasteiger charge is 2.16. The maximum Gasteiger partial charge on any atom is 0.212 e. The van der Waals surface area contributed by atoms with Gasteiger partial charge < -0.3 is 9.47 Å². The number of ketones is 1. The number of aromatic nitrogens is 1. The minimum absolute atomic E-state index is 0.152. The Morgan fingerprint density at radius 2 is 1.65 bits per heavy atom. The SMILES string of the molecule is COc1cc(OC)cc(C(=O)c2csc(-c3ccccc3)n2)c1. The first-order valence-electron chi connectivity index (χ1n) is 7.00. The number of nitrogens with zero attached hydrogens (tertiary/aromatic N) is 1. The van der Waals surface area contributed by atoms with Crippen molar-refractivity contribution in [2.24, 2.45) is 0 Å². The van der Waals surface area contributed by atoms with Gasteiger partial charge in [-0.3, -0.25) is 4.79 Å². The molecule has 0 bridgehead atoms. The summed E-state index contributed by atoms with van der Waals surface area (Å²) in [5.41, 5.74) is 1.91. The molecule has 0 saturated carbocycles. The van der Waals surface area contributed by atoms with E-state index in [1.807, 2.05) is 30.3 Å². The second kappa shape index (κ2) is 6.62. The molecule has 0 aliphatic heterocycles. The van der Waals surface area contributed by atoms with Crippen LogP contribution >= 0.6 is 11.3 Å². The number of methoxy groups -OCH3 is 2. The molecular formula is C18H15NO3S. The molecular weight excluding hydrogens is 310 g/mol. The predicted molar refractivity (Wildman–Crippen MR) is 90.5 cm³/mol. The van der Waals surface area contributed by atoms with Crippen molar-refractivity contribution >= 4 is 17.1 Å². The van der Waals surface area contributed by atoms with Crippen molar-refractivity contribution in [2.75, 3.05) is 14.2 Å². The molecule has 116 valence electrons. The van der Waals surface area contributed by atoms with Gasteiger partial charge in [-0.05, 0) is 12.1 Å². The molecule has 4 nitrogen and oxygen atoms in total. The summed E-state index contributed by atoms with van der Waals surface area (Å²) in [7, 11) is 3.11. The highest BCUT2D eigenvalue weighted by Crippen LogP contribution is 2.27. The van der Waals surface area contributed by atoms with Crippen LogP contribution in [0, 0.1) is 0 Å². The summed E-state index contributed by atoms with van der Waals surface area (Å²) >= 11 is 1.45. The van der Waals surface area contributed by atoms with Gasteiger partial charge in [-0.15, -0.1) is 11.3 Å². The van der Waals surface area contributed by atoms with Gasteiger partial charge in [-0.1, -0.05) is 30.3 Å². The van der Waals surface area contributed by atoms with Crippen molar-refractivity contribution in [3.05, 3.63) is 65.2 Å². The van der Waals surface area contributed by atoms with Crippen molar-refractivity contribution in [1.82, 2.24) is 4.98 Å². The third-order valence-electron chi connectivity index (χ3n) is 3.37. The fourth-order valence-corrected chi connectivity index (χ4v) is 2.98. The monoisotopic (exact) mass is 325 g/mol. The minimum Gasteiger partial charge on any atom is -0.497 e. The fraction of sp³-hybridized carbons (Fsp3) is 0.111. The lowest BCUT2D eigenvalue weighted by molar-refractivity contribution is 0.103. The van der Waals surface area contributed by atoms with Crippen LogP contribution in [0.1, 0.15) is 16.1 Å². The molecule has 1 aromatic heterocycles. The van der Waals surface area contributed by atoms with Gasteiger partial charge in [-0.25, -0.2) is 4.98 Å². The van der Waals surface area contributed by atoms with Crippen LogP contribution in [0.2, 0.25) is 0 Å². The second-order valence-corrected chi connectivity index (χ2v) is 5.69. The number of carbonyl (C=O) groups excluding carboxylic acids is 1. The van der Waals surface area contributed by atoms with Crippen molar-refractivity contribution in [2.45, 2.75) is 0 Å². The zero-order valence-corrected chi connectivity index (χ0v) is 13.6. The Labute approximate surface area is 138 Å². The van der Waals surface area contributed by atoms with Crippen LogP contribution in [0.5, 0.6) is 11.5 Å². The summed E-state index contributed by atoms with van der Waals surface area (Å²) in [6.45, 7) is 0. The van der Waals surface area contributed by atoms with E-state index in [2.05, 4.69) is 4.98 Å². The lowest BCUT2D eigenvalue weighted by atomic mass is 10.1. The standard InChI is InChI=1S/C18H15NO3S/c1-21-14-8-13(9-15(10-14)22-2)17(20)16-11-23-18(19-16)12-6-4-3-5-7-12/h3-11H,1-2H3. The zero-order chi connectivity index (χ0) is 16.2. The van der Waals surface area contributed by atoms with Crippen LogP contribution in [0.25, 0.3) is 10.6 Å². The lowest BCUT2D eigenvalue weighted by Crippen LogP contribution is -2.03. The second-order valence-electron chi connectivity index (χ2n) is 4.83. The fourth-order valence-electron chi connectivity index (χ4n) is 2.18. The van der Waals surface area contributed by atoms with Gasteiger partial charge in [0.15, 0.2) is 0 Å². The molecule has 0 radical (unpaired) electrons. The van der Waals surface area contributed by atoms with Crippen LogP contribution in [0.15, 0.2) is 53.9 Å². The van der Waals surface area contributed by atoms with Crippen molar-refractivity contribution in [3.8, 4) is 22.1 Å². The molecule has 0 aliphatic carbocycles. The number of hydrogen-bond donors (Lipinski definition) is 0. The van der Waals surface area contributed by atoms with Gasteiger partial charge in [0.2, 0.25) is 5.78 Å². The summed E-state index contributed by atoms with van der Waals surface area (Å²) in [5.74, 6) is 0.998. The first-order valence-corrected chi connectivity index (χ1v) is 7.88. The lowest BCUT2D eigenvalue weighted by Gasteiger charge is -2.06. The zero-order valence-electron chi connectivity index (χ0n) is 12.8. The molecule has 2 aromatic carbocycles. The number of carbonyl (C=O) groups is 1. The van der Waals surface area contributed by atoms with E-state index in [0.29, 0.717) is 22.8 Å². The van der Waals surface area contributed by atoms with E-state index in [1.165, 1.54) is 11.3 Å². The van der Waals surface area contributed by atoms with Gasteiger partial charge in [0.05, 0.1) is 14.2 Å². The Hall–Kier alpha value is -2.66. The van der Waals surface area contributed by atoms with E-state index >= 15 is 0 Å². The molecule has 0 atom stereocenters. The maximum absolute atomic E-state index is 12.7.